The molecule has 1 aromatic rings. The molecule has 82 valence electrons. The van der Waals surface area contributed by atoms with Gasteiger partial charge in [0.05, 0.1) is 0 Å². The summed E-state index contributed by atoms with van der Waals surface area (Å²) < 4.78 is 18.6. The molecule has 1 fully saturated rings. The Labute approximate surface area is 88.5 Å². The van der Waals surface area contributed by atoms with E-state index in [2.05, 4.69) is 4.98 Å². The molecule has 0 bridgehead atoms. The van der Waals surface area contributed by atoms with E-state index >= 15 is 0 Å². The smallest absolute Gasteiger partial charge is 0.217 e. The molecular formula is C11H15FN2O. The highest BCUT2D eigenvalue weighted by Crippen LogP contribution is 2.28. The van der Waals surface area contributed by atoms with Crippen molar-refractivity contribution in [3.05, 3.63) is 29.8 Å². The maximum atomic E-state index is 13.4. The van der Waals surface area contributed by atoms with E-state index in [0.717, 1.165) is 26.1 Å². The van der Waals surface area contributed by atoms with Crippen molar-refractivity contribution in [2.24, 2.45) is 11.7 Å². The molecule has 0 saturated carbocycles. The van der Waals surface area contributed by atoms with Crippen molar-refractivity contribution >= 4 is 0 Å². The van der Waals surface area contributed by atoms with Crippen LogP contribution in [-0.2, 0) is 4.74 Å². The first kappa shape index (κ1) is 10.5. The minimum atomic E-state index is -0.448. The molecule has 1 atom stereocenters. The largest absolute Gasteiger partial charge is 0.381 e. The summed E-state index contributed by atoms with van der Waals surface area (Å²) in [7, 11) is 0. The van der Waals surface area contributed by atoms with Crippen molar-refractivity contribution in [2.75, 3.05) is 13.2 Å². The molecule has 2 N–H and O–H groups in total. The Morgan fingerprint density at radius 2 is 2.20 bits per heavy atom. The number of ether oxygens (including phenoxy) is 1. The Morgan fingerprint density at radius 3 is 2.87 bits per heavy atom. The van der Waals surface area contributed by atoms with E-state index in [1.165, 1.54) is 6.20 Å². The normalized spacial score (nSPS) is 20.1. The van der Waals surface area contributed by atoms with Crippen molar-refractivity contribution in [3.63, 3.8) is 0 Å². The van der Waals surface area contributed by atoms with Gasteiger partial charge in [-0.1, -0.05) is 6.07 Å². The van der Waals surface area contributed by atoms with Crippen LogP contribution in [0.2, 0.25) is 0 Å². The third kappa shape index (κ3) is 2.33. The molecule has 1 aliphatic heterocycles. The summed E-state index contributed by atoms with van der Waals surface area (Å²) in [5.41, 5.74) is 6.55. The number of halogens is 1. The van der Waals surface area contributed by atoms with Gasteiger partial charge in [-0.2, -0.15) is 4.39 Å². The van der Waals surface area contributed by atoms with Crippen LogP contribution in [0, 0.1) is 11.9 Å². The molecule has 4 heteroatoms. The molecule has 2 heterocycles. The van der Waals surface area contributed by atoms with Crippen molar-refractivity contribution in [3.8, 4) is 0 Å². The second-order valence-electron chi connectivity index (χ2n) is 3.86. The SMILES string of the molecule is N[C@H](c1cccnc1F)C1CCOCC1. The number of pyridine rings is 1. The molecule has 2 rings (SSSR count). The van der Waals surface area contributed by atoms with Gasteiger partial charge in [0.1, 0.15) is 0 Å². The zero-order valence-electron chi connectivity index (χ0n) is 8.53. The number of hydrogen-bond acceptors (Lipinski definition) is 3. The van der Waals surface area contributed by atoms with Crippen molar-refractivity contribution in [2.45, 2.75) is 18.9 Å². The first-order valence-corrected chi connectivity index (χ1v) is 5.23. The van der Waals surface area contributed by atoms with E-state index in [1.807, 2.05) is 0 Å². The van der Waals surface area contributed by atoms with E-state index in [9.17, 15) is 4.39 Å². The molecule has 0 aliphatic carbocycles. The number of nitrogens with two attached hydrogens (primary N) is 1. The molecule has 1 aliphatic rings. The lowest BCUT2D eigenvalue weighted by atomic mass is 9.88. The first-order valence-electron chi connectivity index (χ1n) is 5.23. The Balaban J connectivity index is 2.12. The predicted octanol–water partition coefficient (Wildman–Crippen LogP) is 1.65. The lowest BCUT2D eigenvalue weighted by Gasteiger charge is -2.27. The molecule has 0 radical (unpaired) electrons. The van der Waals surface area contributed by atoms with Crippen molar-refractivity contribution < 1.29 is 9.13 Å². The molecular weight excluding hydrogens is 195 g/mol. The molecule has 0 aromatic carbocycles. The van der Waals surface area contributed by atoms with Crippen LogP contribution in [0.5, 0.6) is 0 Å². The molecule has 0 spiro atoms. The lowest BCUT2D eigenvalue weighted by molar-refractivity contribution is 0.0579. The molecule has 3 nitrogen and oxygen atoms in total. The number of aromatic nitrogens is 1. The number of rotatable bonds is 2. The minimum Gasteiger partial charge on any atom is -0.381 e. The first-order chi connectivity index (χ1) is 7.29. The summed E-state index contributed by atoms with van der Waals surface area (Å²) in [6.45, 7) is 1.44. The summed E-state index contributed by atoms with van der Waals surface area (Å²) in [6, 6.07) is 3.17. The molecule has 1 saturated heterocycles. The van der Waals surface area contributed by atoms with Crippen LogP contribution < -0.4 is 5.73 Å². The van der Waals surface area contributed by atoms with Crippen LogP contribution in [0.25, 0.3) is 0 Å². The van der Waals surface area contributed by atoms with Crippen LogP contribution in [0.4, 0.5) is 4.39 Å². The van der Waals surface area contributed by atoms with Crippen LogP contribution in [0.3, 0.4) is 0 Å². The van der Waals surface area contributed by atoms with E-state index in [4.69, 9.17) is 10.5 Å². The maximum absolute atomic E-state index is 13.4. The van der Waals surface area contributed by atoms with Gasteiger partial charge in [0.25, 0.3) is 0 Å². The molecule has 1 aromatic heterocycles. The molecule has 0 unspecified atom stereocenters. The van der Waals surface area contributed by atoms with Crippen LogP contribution in [0.1, 0.15) is 24.4 Å². The lowest BCUT2D eigenvalue weighted by Crippen LogP contribution is -2.28. The van der Waals surface area contributed by atoms with Crippen LogP contribution in [0.15, 0.2) is 18.3 Å². The Hall–Kier alpha value is -1.00. The maximum Gasteiger partial charge on any atom is 0.217 e. The van der Waals surface area contributed by atoms with Gasteiger partial charge in [-0.3, -0.25) is 0 Å². The van der Waals surface area contributed by atoms with E-state index in [-0.39, 0.29) is 6.04 Å². The fraction of sp³-hybridized carbons (Fsp3) is 0.545. The minimum absolute atomic E-state index is 0.261. The second kappa shape index (κ2) is 4.68. The number of hydrogen-bond donors (Lipinski definition) is 1. The Kier molecular flexibility index (Phi) is 3.28. The number of nitrogens with zero attached hydrogens (tertiary/aromatic N) is 1. The van der Waals surface area contributed by atoms with E-state index in [1.54, 1.807) is 12.1 Å². The van der Waals surface area contributed by atoms with Gasteiger partial charge in [-0.25, -0.2) is 4.98 Å². The summed E-state index contributed by atoms with van der Waals surface area (Å²) in [4.78, 5) is 3.62. The van der Waals surface area contributed by atoms with E-state index < -0.39 is 5.95 Å². The van der Waals surface area contributed by atoms with Gasteiger partial charge in [-0.15, -0.1) is 0 Å². The highest BCUT2D eigenvalue weighted by atomic mass is 19.1. The average molecular weight is 210 g/mol. The summed E-state index contributed by atoms with van der Waals surface area (Å²) in [5.74, 6) is -0.144. The summed E-state index contributed by atoms with van der Waals surface area (Å²) in [6.07, 6.45) is 3.24. The Bertz CT molecular complexity index is 326. The molecule has 15 heavy (non-hydrogen) atoms. The summed E-state index contributed by atoms with van der Waals surface area (Å²) in [5, 5.41) is 0. The fourth-order valence-corrected chi connectivity index (χ4v) is 1.98. The fourth-order valence-electron chi connectivity index (χ4n) is 1.98. The second-order valence-corrected chi connectivity index (χ2v) is 3.86. The highest BCUT2D eigenvalue weighted by Gasteiger charge is 2.24. The van der Waals surface area contributed by atoms with Gasteiger partial charge < -0.3 is 10.5 Å². The van der Waals surface area contributed by atoms with Gasteiger partial charge in [0.2, 0.25) is 5.95 Å². The van der Waals surface area contributed by atoms with Gasteiger partial charge in [0, 0.05) is 31.0 Å². The van der Waals surface area contributed by atoms with Crippen molar-refractivity contribution in [1.82, 2.24) is 4.98 Å². The third-order valence-electron chi connectivity index (χ3n) is 2.92. The zero-order chi connectivity index (χ0) is 10.7. The predicted molar refractivity (Wildman–Crippen MR) is 54.7 cm³/mol. The third-order valence-corrected chi connectivity index (χ3v) is 2.92. The summed E-state index contributed by atoms with van der Waals surface area (Å²) >= 11 is 0. The van der Waals surface area contributed by atoms with Gasteiger partial charge >= 0.3 is 0 Å². The van der Waals surface area contributed by atoms with Gasteiger partial charge in [0.15, 0.2) is 0 Å². The highest BCUT2D eigenvalue weighted by molar-refractivity contribution is 5.16. The standard InChI is InChI=1S/C11H15FN2O/c12-11-9(2-1-5-14-11)10(13)8-3-6-15-7-4-8/h1-2,5,8,10H,3-4,6-7,13H2/t10-/m0/s1. The zero-order valence-corrected chi connectivity index (χ0v) is 8.53. The van der Waals surface area contributed by atoms with Crippen LogP contribution in [-0.4, -0.2) is 18.2 Å². The Morgan fingerprint density at radius 1 is 1.47 bits per heavy atom. The quantitative estimate of drug-likeness (QED) is 0.755. The van der Waals surface area contributed by atoms with Crippen LogP contribution >= 0.6 is 0 Å². The monoisotopic (exact) mass is 210 g/mol. The average Bonchev–Trinajstić information content (AvgIpc) is 2.30. The topological polar surface area (TPSA) is 48.1 Å². The van der Waals surface area contributed by atoms with Gasteiger partial charge in [-0.05, 0) is 24.8 Å². The van der Waals surface area contributed by atoms with E-state index in [0.29, 0.717) is 11.5 Å². The van der Waals surface area contributed by atoms with Crippen molar-refractivity contribution in [1.29, 1.82) is 0 Å². The molecule has 0 amide bonds.